The Morgan fingerprint density at radius 2 is 2.04 bits per heavy atom. The molecular weight excluding hydrogens is 346 g/mol. The molecule has 0 fully saturated rings. The molecule has 2 amide bonds. The summed E-state index contributed by atoms with van der Waals surface area (Å²) in [5.41, 5.74) is 3.89. The van der Waals surface area contributed by atoms with Gasteiger partial charge in [0, 0.05) is 29.8 Å². The molecule has 26 heavy (non-hydrogen) atoms. The molecule has 0 unspecified atom stereocenters. The van der Waals surface area contributed by atoms with Crippen LogP contribution in [-0.2, 0) is 17.8 Å². The lowest BCUT2D eigenvalue weighted by Gasteiger charge is -2.26. The molecule has 0 aliphatic carbocycles. The second kappa shape index (κ2) is 7.58. The fraction of sp³-hybridized carbons (Fsp3) is 0.450. The second-order valence-corrected chi connectivity index (χ2v) is 8.39. The maximum atomic E-state index is 12.5. The van der Waals surface area contributed by atoms with Crippen molar-refractivity contribution in [2.45, 2.75) is 47.1 Å². The van der Waals surface area contributed by atoms with Crippen molar-refractivity contribution in [3.8, 4) is 0 Å². The largest absolute Gasteiger partial charge is 0.337 e. The number of hydrogen-bond donors (Lipinski definition) is 1. The van der Waals surface area contributed by atoms with Gasteiger partial charge in [-0.05, 0) is 43.0 Å². The van der Waals surface area contributed by atoms with Crippen LogP contribution in [0.1, 0.15) is 52.3 Å². The van der Waals surface area contributed by atoms with E-state index in [0.29, 0.717) is 36.1 Å². The van der Waals surface area contributed by atoms with Crippen LogP contribution >= 0.6 is 11.3 Å². The monoisotopic (exact) mass is 371 g/mol. The van der Waals surface area contributed by atoms with Crippen LogP contribution < -0.4 is 5.32 Å². The van der Waals surface area contributed by atoms with Gasteiger partial charge >= 0.3 is 0 Å². The number of carbonyl (C=O) groups is 2. The number of benzene rings is 1. The van der Waals surface area contributed by atoms with Gasteiger partial charge < -0.3 is 4.90 Å². The van der Waals surface area contributed by atoms with Crippen molar-refractivity contribution in [2.75, 3.05) is 11.9 Å². The number of rotatable bonds is 4. The fourth-order valence-electron chi connectivity index (χ4n) is 2.99. The Balaban J connectivity index is 1.69. The molecule has 2 heterocycles. The summed E-state index contributed by atoms with van der Waals surface area (Å²) in [6.07, 6.45) is 1.32. The second-order valence-electron chi connectivity index (χ2n) is 7.31. The van der Waals surface area contributed by atoms with Crippen LogP contribution in [0.25, 0.3) is 0 Å². The van der Waals surface area contributed by atoms with E-state index in [2.05, 4.69) is 24.1 Å². The van der Waals surface area contributed by atoms with E-state index in [9.17, 15) is 9.59 Å². The van der Waals surface area contributed by atoms with Crippen LogP contribution in [0.5, 0.6) is 0 Å². The number of thiazole rings is 1. The molecule has 1 aromatic heterocycles. The number of aryl methyl sites for hydroxylation is 2. The van der Waals surface area contributed by atoms with Crippen LogP contribution in [0.4, 0.5) is 5.13 Å². The zero-order valence-corrected chi connectivity index (χ0v) is 16.6. The lowest BCUT2D eigenvalue weighted by molar-refractivity contribution is -0.132. The van der Waals surface area contributed by atoms with E-state index in [-0.39, 0.29) is 11.8 Å². The van der Waals surface area contributed by atoms with Crippen molar-refractivity contribution in [1.29, 1.82) is 0 Å². The summed E-state index contributed by atoms with van der Waals surface area (Å²) in [5, 5.41) is 3.51. The first-order valence-electron chi connectivity index (χ1n) is 8.98. The van der Waals surface area contributed by atoms with Crippen molar-refractivity contribution in [3.05, 3.63) is 45.5 Å². The SMILES string of the molecule is Cc1ccc(C(=O)Nc2nc3c(s2)CN(C(=O)CC(C)C)CC3)cc1C. The van der Waals surface area contributed by atoms with Gasteiger partial charge in [-0.3, -0.25) is 14.9 Å². The van der Waals surface area contributed by atoms with Gasteiger partial charge in [-0.2, -0.15) is 0 Å². The summed E-state index contributed by atoms with van der Waals surface area (Å²) in [6, 6.07) is 5.68. The van der Waals surface area contributed by atoms with Crippen molar-refractivity contribution in [3.63, 3.8) is 0 Å². The molecule has 0 saturated heterocycles. The highest BCUT2D eigenvalue weighted by Gasteiger charge is 2.25. The standard InChI is InChI=1S/C20H25N3O2S/c1-12(2)9-18(24)23-8-7-16-17(11-23)26-20(21-16)22-19(25)15-6-5-13(3)14(4)10-15/h5-6,10,12H,7-9,11H2,1-4H3,(H,21,22,25). The first kappa shape index (κ1) is 18.6. The number of hydrogen-bond acceptors (Lipinski definition) is 4. The third-order valence-electron chi connectivity index (χ3n) is 4.66. The van der Waals surface area contributed by atoms with Crippen molar-refractivity contribution in [1.82, 2.24) is 9.88 Å². The average Bonchev–Trinajstić information content (AvgIpc) is 2.97. The Morgan fingerprint density at radius 3 is 2.73 bits per heavy atom. The molecule has 0 bridgehead atoms. The van der Waals surface area contributed by atoms with Gasteiger partial charge in [0.1, 0.15) is 0 Å². The summed E-state index contributed by atoms with van der Waals surface area (Å²) < 4.78 is 0. The zero-order valence-electron chi connectivity index (χ0n) is 15.8. The molecule has 1 aliphatic rings. The molecule has 138 valence electrons. The average molecular weight is 372 g/mol. The molecule has 6 heteroatoms. The number of nitrogens with zero attached hydrogens (tertiary/aromatic N) is 2. The minimum atomic E-state index is -0.146. The molecule has 0 radical (unpaired) electrons. The molecule has 0 atom stereocenters. The van der Waals surface area contributed by atoms with Crippen molar-refractivity contribution < 1.29 is 9.59 Å². The van der Waals surface area contributed by atoms with Crippen LogP contribution in [0, 0.1) is 19.8 Å². The predicted molar refractivity (Wildman–Crippen MR) is 105 cm³/mol. The molecule has 0 saturated carbocycles. The van der Waals surface area contributed by atoms with Gasteiger partial charge in [0.05, 0.1) is 12.2 Å². The topological polar surface area (TPSA) is 62.3 Å². The lowest BCUT2D eigenvalue weighted by Crippen LogP contribution is -2.36. The summed E-state index contributed by atoms with van der Waals surface area (Å²) in [7, 11) is 0. The number of aromatic nitrogens is 1. The highest BCUT2D eigenvalue weighted by Crippen LogP contribution is 2.29. The maximum Gasteiger partial charge on any atom is 0.257 e. The molecule has 1 aromatic carbocycles. The normalized spacial score (nSPS) is 13.7. The van der Waals surface area contributed by atoms with Crippen LogP contribution in [0.3, 0.4) is 0 Å². The van der Waals surface area contributed by atoms with E-state index in [1.165, 1.54) is 11.3 Å². The van der Waals surface area contributed by atoms with Crippen LogP contribution in [-0.4, -0.2) is 28.2 Å². The number of anilines is 1. The van der Waals surface area contributed by atoms with E-state index < -0.39 is 0 Å². The van der Waals surface area contributed by atoms with Gasteiger partial charge in [0.2, 0.25) is 5.91 Å². The Morgan fingerprint density at radius 1 is 1.27 bits per heavy atom. The van der Waals surface area contributed by atoms with Gasteiger partial charge in [-0.25, -0.2) is 4.98 Å². The highest BCUT2D eigenvalue weighted by atomic mass is 32.1. The maximum absolute atomic E-state index is 12.5. The lowest BCUT2D eigenvalue weighted by atomic mass is 10.1. The number of nitrogens with one attached hydrogen (secondary N) is 1. The van der Waals surface area contributed by atoms with Gasteiger partial charge in [-0.1, -0.05) is 31.3 Å². The number of amides is 2. The summed E-state index contributed by atoms with van der Waals surface area (Å²) in [4.78, 5) is 32.3. The Bertz CT molecular complexity index is 842. The van der Waals surface area contributed by atoms with E-state index in [0.717, 1.165) is 28.1 Å². The number of fused-ring (bicyclic) bond motifs is 1. The Hall–Kier alpha value is -2.21. The molecule has 2 aromatic rings. The minimum Gasteiger partial charge on any atom is -0.337 e. The van der Waals surface area contributed by atoms with E-state index in [4.69, 9.17) is 0 Å². The molecule has 0 spiro atoms. The summed E-state index contributed by atoms with van der Waals surface area (Å²) in [6.45, 7) is 9.43. The molecular formula is C20H25N3O2S. The molecule has 1 aliphatic heterocycles. The first-order valence-corrected chi connectivity index (χ1v) is 9.80. The van der Waals surface area contributed by atoms with Gasteiger partial charge in [0.15, 0.2) is 5.13 Å². The van der Waals surface area contributed by atoms with E-state index in [1.54, 1.807) is 0 Å². The van der Waals surface area contributed by atoms with Crippen LogP contribution in [0.15, 0.2) is 18.2 Å². The quantitative estimate of drug-likeness (QED) is 0.885. The van der Waals surface area contributed by atoms with E-state index >= 15 is 0 Å². The minimum absolute atomic E-state index is 0.146. The van der Waals surface area contributed by atoms with E-state index in [1.807, 2.05) is 36.9 Å². The van der Waals surface area contributed by atoms with Gasteiger partial charge in [0.25, 0.3) is 5.91 Å². The summed E-state index contributed by atoms with van der Waals surface area (Å²) >= 11 is 1.47. The summed E-state index contributed by atoms with van der Waals surface area (Å²) in [5.74, 6) is 0.407. The first-order chi connectivity index (χ1) is 12.3. The molecule has 5 nitrogen and oxygen atoms in total. The third kappa shape index (κ3) is 4.12. The smallest absolute Gasteiger partial charge is 0.257 e. The van der Waals surface area contributed by atoms with Gasteiger partial charge in [-0.15, -0.1) is 0 Å². The fourth-order valence-corrected chi connectivity index (χ4v) is 4.01. The molecule has 1 N–H and O–H groups in total. The molecule has 3 rings (SSSR count). The Labute approximate surface area is 158 Å². The predicted octanol–water partition coefficient (Wildman–Crippen LogP) is 3.94. The highest BCUT2D eigenvalue weighted by molar-refractivity contribution is 7.15. The van der Waals surface area contributed by atoms with Crippen molar-refractivity contribution in [2.24, 2.45) is 5.92 Å². The number of carbonyl (C=O) groups excluding carboxylic acids is 2. The zero-order chi connectivity index (χ0) is 18.8. The Kier molecular flexibility index (Phi) is 5.41. The van der Waals surface area contributed by atoms with Crippen LogP contribution in [0.2, 0.25) is 0 Å². The third-order valence-corrected chi connectivity index (χ3v) is 5.65. The van der Waals surface area contributed by atoms with Crippen molar-refractivity contribution >= 4 is 28.3 Å².